The van der Waals surface area contributed by atoms with Crippen molar-refractivity contribution in [1.82, 2.24) is 20.0 Å². The van der Waals surface area contributed by atoms with Crippen molar-refractivity contribution >= 4 is 35.2 Å². The molecule has 11 heteroatoms. The molecule has 44 heavy (non-hydrogen) atoms. The van der Waals surface area contributed by atoms with Crippen LogP contribution in [-0.2, 0) is 22.7 Å². The lowest BCUT2D eigenvalue weighted by atomic mass is 10.0. The summed E-state index contributed by atoms with van der Waals surface area (Å²) >= 11 is 0. The van der Waals surface area contributed by atoms with Crippen molar-refractivity contribution in [2.75, 3.05) is 31.5 Å². The van der Waals surface area contributed by atoms with Crippen LogP contribution in [0.3, 0.4) is 0 Å². The molecule has 0 bridgehead atoms. The maximum atomic E-state index is 15.2. The quantitative estimate of drug-likeness (QED) is 0.402. The van der Waals surface area contributed by atoms with Gasteiger partial charge in [0.05, 0.1) is 11.1 Å². The summed E-state index contributed by atoms with van der Waals surface area (Å²) in [4.78, 5) is 68.2. The van der Waals surface area contributed by atoms with E-state index in [0.29, 0.717) is 44.0 Å². The van der Waals surface area contributed by atoms with Crippen molar-refractivity contribution in [1.29, 1.82) is 0 Å². The highest BCUT2D eigenvalue weighted by Crippen LogP contribution is 2.32. The molecule has 2 fully saturated rings. The zero-order valence-corrected chi connectivity index (χ0v) is 24.3. The van der Waals surface area contributed by atoms with Gasteiger partial charge in [0, 0.05) is 62.5 Å². The number of imide groups is 2. The molecule has 3 aliphatic heterocycles. The van der Waals surface area contributed by atoms with Gasteiger partial charge in [0.15, 0.2) is 0 Å². The number of aryl methyl sites for hydroxylation is 1. The van der Waals surface area contributed by atoms with E-state index in [-0.39, 0.29) is 36.4 Å². The summed E-state index contributed by atoms with van der Waals surface area (Å²) in [6.45, 7) is 5.12. The van der Waals surface area contributed by atoms with Crippen molar-refractivity contribution in [2.24, 2.45) is 0 Å². The molecule has 3 heterocycles. The van der Waals surface area contributed by atoms with E-state index in [1.165, 1.54) is 12.1 Å². The second-order valence-corrected chi connectivity index (χ2v) is 11.3. The van der Waals surface area contributed by atoms with Gasteiger partial charge in [-0.25, -0.2) is 4.39 Å². The van der Waals surface area contributed by atoms with Gasteiger partial charge in [-0.15, -0.1) is 0 Å². The summed E-state index contributed by atoms with van der Waals surface area (Å²) in [5, 5.41) is 5.27. The van der Waals surface area contributed by atoms with Crippen LogP contribution in [0.2, 0.25) is 0 Å². The van der Waals surface area contributed by atoms with Gasteiger partial charge in [0.2, 0.25) is 11.8 Å². The average Bonchev–Trinajstić information content (AvgIpc) is 3.27. The molecule has 0 saturated carbocycles. The van der Waals surface area contributed by atoms with Crippen molar-refractivity contribution in [2.45, 2.75) is 38.9 Å². The van der Waals surface area contributed by atoms with Gasteiger partial charge in [-0.1, -0.05) is 36.4 Å². The summed E-state index contributed by atoms with van der Waals surface area (Å²) in [6, 6.07) is 16.3. The largest absolute Gasteiger partial charge is 0.380 e. The van der Waals surface area contributed by atoms with Crippen LogP contribution in [0.15, 0.2) is 60.7 Å². The third-order valence-corrected chi connectivity index (χ3v) is 8.50. The van der Waals surface area contributed by atoms with Gasteiger partial charge < -0.3 is 10.2 Å². The molecule has 2 saturated heterocycles. The zero-order chi connectivity index (χ0) is 31.0. The molecule has 226 valence electrons. The van der Waals surface area contributed by atoms with E-state index >= 15 is 4.39 Å². The SMILES string of the molecule is Cc1ccccc1C(=O)N1CCN(Cc2ccc(CNc3cccc4c3C(=O)N(C3CCC(=O)NC3=O)C4=O)c(F)c2)CC1. The summed E-state index contributed by atoms with van der Waals surface area (Å²) in [7, 11) is 0. The molecule has 0 radical (unpaired) electrons. The molecule has 1 unspecified atom stereocenters. The number of nitrogens with one attached hydrogen (secondary N) is 2. The van der Waals surface area contributed by atoms with Gasteiger partial charge in [-0.2, -0.15) is 0 Å². The van der Waals surface area contributed by atoms with E-state index in [4.69, 9.17) is 0 Å². The number of piperidine rings is 1. The fraction of sp³-hybridized carbons (Fsp3) is 0.303. The molecule has 0 aromatic heterocycles. The normalized spacial score (nSPS) is 18.8. The van der Waals surface area contributed by atoms with Gasteiger partial charge >= 0.3 is 0 Å². The minimum Gasteiger partial charge on any atom is -0.380 e. The highest BCUT2D eigenvalue weighted by Gasteiger charge is 2.45. The third kappa shape index (κ3) is 5.58. The van der Waals surface area contributed by atoms with E-state index in [1.807, 2.05) is 42.2 Å². The fourth-order valence-electron chi connectivity index (χ4n) is 6.04. The van der Waals surface area contributed by atoms with Crippen LogP contribution >= 0.6 is 0 Å². The summed E-state index contributed by atoms with van der Waals surface area (Å²) < 4.78 is 15.2. The Bertz CT molecular complexity index is 1680. The lowest BCUT2D eigenvalue weighted by Crippen LogP contribution is -2.54. The molecule has 3 aromatic carbocycles. The summed E-state index contributed by atoms with van der Waals surface area (Å²) in [5.41, 5.74) is 3.51. The predicted octanol–water partition coefficient (Wildman–Crippen LogP) is 3.11. The van der Waals surface area contributed by atoms with Gasteiger partial charge in [0.1, 0.15) is 11.9 Å². The number of piperazine rings is 1. The fourth-order valence-corrected chi connectivity index (χ4v) is 6.04. The molecular weight excluding hydrogens is 565 g/mol. The van der Waals surface area contributed by atoms with Crippen molar-refractivity contribution in [3.8, 4) is 0 Å². The first-order valence-corrected chi connectivity index (χ1v) is 14.6. The second-order valence-electron chi connectivity index (χ2n) is 11.3. The van der Waals surface area contributed by atoms with Crippen molar-refractivity contribution in [3.05, 3.63) is 99.9 Å². The van der Waals surface area contributed by atoms with Crippen LogP contribution in [0.4, 0.5) is 10.1 Å². The number of carbonyl (C=O) groups excluding carboxylic acids is 5. The van der Waals surface area contributed by atoms with Crippen LogP contribution in [-0.4, -0.2) is 76.5 Å². The Balaban J connectivity index is 1.07. The Morgan fingerprint density at radius 3 is 2.45 bits per heavy atom. The standard InChI is InChI=1S/C33H32FN5O5/c1-20-5-2-3-6-23(20)31(42)38-15-13-37(14-16-38)19-21-9-10-22(25(34)17-21)18-35-26-8-4-7-24-29(26)33(44)39(32(24)43)27-11-12-28(40)36-30(27)41/h2-10,17,27,35H,11-16,18-19H2,1H3,(H,36,40,41). The van der Waals surface area contributed by atoms with Crippen LogP contribution in [0.5, 0.6) is 0 Å². The molecule has 0 spiro atoms. The first-order chi connectivity index (χ1) is 21.2. The number of nitrogens with zero attached hydrogens (tertiary/aromatic N) is 3. The Hall–Kier alpha value is -4.90. The van der Waals surface area contributed by atoms with Crippen LogP contribution in [0, 0.1) is 12.7 Å². The van der Waals surface area contributed by atoms with E-state index in [1.54, 1.807) is 18.2 Å². The summed E-state index contributed by atoms with van der Waals surface area (Å²) in [5.74, 6) is -2.71. The van der Waals surface area contributed by atoms with E-state index in [0.717, 1.165) is 21.6 Å². The molecule has 10 nitrogen and oxygen atoms in total. The van der Waals surface area contributed by atoms with Gasteiger partial charge in [0.25, 0.3) is 17.7 Å². The molecule has 5 amide bonds. The van der Waals surface area contributed by atoms with E-state index in [9.17, 15) is 24.0 Å². The number of halogens is 1. The summed E-state index contributed by atoms with van der Waals surface area (Å²) in [6.07, 6.45) is 0.103. The number of amides is 5. The topological polar surface area (TPSA) is 119 Å². The van der Waals surface area contributed by atoms with Crippen molar-refractivity contribution in [3.63, 3.8) is 0 Å². The number of hydrogen-bond acceptors (Lipinski definition) is 7. The maximum Gasteiger partial charge on any atom is 0.264 e. The Morgan fingerprint density at radius 1 is 0.955 bits per heavy atom. The van der Waals surface area contributed by atoms with Crippen molar-refractivity contribution < 1.29 is 28.4 Å². The van der Waals surface area contributed by atoms with E-state index in [2.05, 4.69) is 15.5 Å². The van der Waals surface area contributed by atoms with Gasteiger partial charge in [-0.05, 0) is 48.7 Å². The molecule has 3 aliphatic rings. The molecular formula is C33H32FN5O5. The minimum absolute atomic E-state index is 0.0319. The number of fused-ring (bicyclic) bond motifs is 1. The number of anilines is 1. The smallest absolute Gasteiger partial charge is 0.264 e. The van der Waals surface area contributed by atoms with Gasteiger partial charge in [-0.3, -0.25) is 39.1 Å². The first-order valence-electron chi connectivity index (χ1n) is 14.6. The lowest BCUT2D eigenvalue weighted by molar-refractivity contribution is -0.136. The zero-order valence-electron chi connectivity index (χ0n) is 24.3. The Kier molecular flexibility index (Phi) is 7.96. The maximum absolute atomic E-state index is 15.2. The lowest BCUT2D eigenvalue weighted by Gasteiger charge is -2.35. The number of hydrogen-bond donors (Lipinski definition) is 2. The van der Waals surface area contributed by atoms with Crippen LogP contribution in [0.25, 0.3) is 0 Å². The Labute approximate surface area is 253 Å². The predicted molar refractivity (Wildman–Crippen MR) is 159 cm³/mol. The average molecular weight is 598 g/mol. The van der Waals surface area contributed by atoms with Crippen LogP contribution in [0.1, 0.15) is 60.6 Å². The first kappa shape index (κ1) is 29.2. The van der Waals surface area contributed by atoms with E-state index < -0.39 is 35.5 Å². The third-order valence-electron chi connectivity index (χ3n) is 8.50. The molecule has 6 rings (SSSR count). The molecule has 2 N–H and O–H groups in total. The highest BCUT2D eigenvalue weighted by atomic mass is 19.1. The second kappa shape index (κ2) is 12.0. The Morgan fingerprint density at radius 2 is 1.73 bits per heavy atom. The monoisotopic (exact) mass is 597 g/mol. The number of rotatable bonds is 7. The molecule has 1 atom stereocenters. The minimum atomic E-state index is -1.06. The highest BCUT2D eigenvalue weighted by molar-refractivity contribution is 6.25. The molecule has 3 aromatic rings. The molecule has 0 aliphatic carbocycles. The number of carbonyl (C=O) groups is 5. The van der Waals surface area contributed by atoms with Crippen LogP contribution < -0.4 is 10.6 Å². The number of benzene rings is 3.